The SMILES string of the molecule is Cc1cccc(OC(C)C(=O)NC(C)c2ccc(N3CCC(C)CC3)cc2)c1C. The van der Waals surface area contributed by atoms with Gasteiger partial charge in [0.2, 0.25) is 0 Å². The Balaban J connectivity index is 1.56. The zero-order valence-electron chi connectivity index (χ0n) is 18.4. The highest BCUT2D eigenvalue weighted by Gasteiger charge is 2.20. The predicted octanol–water partition coefficient (Wildman–Crippen LogP) is 5.18. The Morgan fingerprint density at radius 2 is 1.72 bits per heavy atom. The summed E-state index contributed by atoms with van der Waals surface area (Å²) in [5.41, 5.74) is 4.60. The topological polar surface area (TPSA) is 41.6 Å². The van der Waals surface area contributed by atoms with Crippen molar-refractivity contribution in [1.29, 1.82) is 0 Å². The van der Waals surface area contributed by atoms with Gasteiger partial charge >= 0.3 is 0 Å². The molecule has 0 saturated carbocycles. The van der Waals surface area contributed by atoms with Crippen LogP contribution in [0.25, 0.3) is 0 Å². The normalized spacial score (nSPS) is 16.9. The van der Waals surface area contributed by atoms with Gasteiger partial charge < -0.3 is 15.0 Å². The monoisotopic (exact) mass is 394 g/mol. The third-order valence-corrected chi connectivity index (χ3v) is 6.13. The van der Waals surface area contributed by atoms with E-state index in [1.54, 1.807) is 6.92 Å². The van der Waals surface area contributed by atoms with Gasteiger partial charge in [0.05, 0.1) is 6.04 Å². The highest BCUT2D eigenvalue weighted by molar-refractivity contribution is 5.81. The average Bonchev–Trinajstić information content (AvgIpc) is 2.72. The van der Waals surface area contributed by atoms with Crippen LogP contribution in [0.1, 0.15) is 56.3 Å². The zero-order valence-corrected chi connectivity index (χ0v) is 18.4. The summed E-state index contributed by atoms with van der Waals surface area (Å²) >= 11 is 0. The number of carbonyl (C=O) groups is 1. The molecule has 1 N–H and O–H groups in total. The van der Waals surface area contributed by atoms with Crippen LogP contribution in [0.5, 0.6) is 5.75 Å². The third-order valence-electron chi connectivity index (χ3n) is 6.13. The van der Waals surface area contributed by atoms with Crippen molar-refractivity contribution in [2.24, 2.45) is 5.92 Å². The van der Waals surface area contributed by atoms with Crippen LogP contribution in [0.3, 0.4) is 0 Å². The Morgan fingerprint density at radius 1 is 1.07 bits per heavy atom. The first-order chi connectivity index (χ1) is 13.8. The Kier molecular flexibility index (Phi) is 6.83. The number of amides is 1. The van der Waals surface area contributed by atoms with Crippen LogP contribution < -0.4 is 15.0 Å². The Bertz CT molecular complexity index is 823. The van der Waals surface area contributed by atoms with E-state index in [0.717, 1.165) is 41.4 Å². The molecule has 4 heteroatoms. The number of hydrogen-bond acceptors (Lipinski definition) is 3. The number of anilines is 1. The van der Waals surface area contributed by atoms with E-state index in [2.05, 4.69) is 41.4 Å². The van der Waals surface area contributed by atoms with Crippen molar-refractivity contribution < 1.29 is 9.53 Å². The number of benzene rings is 2. The smallest absolute Gasteiger partial charge is 0.261 e. The van der Waals surface area contributed by atoms with Crippen LogP contribution in [0.15, 0.2) is 42.5 Å². The first-order valence-electron chi connectivity index (χ1n) is 10.7. The summed E-state index contributed by atoms with van der Waals surface area (Å²) in [5, 5.41) is 3.08. The number of hydrogen-bond donors (Lipinski definition) is 1. The molecule has 0 radical (unpaired) electrons. The lowest BCUT2D eigenvalue weighted by Crippen LogP contribution is -2.38. The van der Waals surface area contributed by atoms with Gasteiger partial charge in [0, 0.05) is 18.8 Å². The number of carbonyl (C=O) groups excluding carboxylic acids is 1. The van der Waals surface area contributed by atoms with Crippen molar-refractivity contribution in [2.75, 3.05) is 18.0 Å². The first kappa shape index (κ1) is 21.2. The van der Waals surface area contributed by atoms with Gasteiger partial charge in [0.1, 0.15) is 5.75 Å². The molecule has 2 atom stereocenters. The second-order valence-corrected chi connectivity index (χ2v) is 8.45. The molecule has 4 nitrogen and oxygen atoms in total. The molecule has 156 valence electrons. The molecule has 3 rings (SSSR count). The summed E-state index contributed by atoms with van der Waals surface area (Å²) in [4.78, 5) is 15.1. The molecule has 0 aromatic heterocycles. The summed E-state index contributed by atoms with van der Waals surface area (Å²) in [6, 6.07) is 14.4. The largest absolute Gasteiger partial charge is 0.481 e. The number of ether oxygens (including phenoxy) is 1. The number of nitrogens with one attached hydrogen (secondary N) is 1. The molecule has 2 unspecified atom stereocenters. The first-order valence-corrected chi connectivity index (χ1v) is 10.7. The molecule has 29 heavy (non-hydrogen) atoms. The van der Waals surface area contributed by atoms with E-state index in [9.17, 15) is 4.79 Å². The molecule has 1 aliphatic heterocycles. The Labute approximate surface area is 175 Å². The van der Waals surface area contributed by atoms with Gasteiger partial charge in [-0.1, -0.05) is 31.2 Å². The lowest BCUT2D eigenvalue weighted by atomic mass is 9.98. The summed E-state index contributed by atoms with van der Waals surface area (Å²) in [6.07, 6.45) is 1.96. The van der Waals surface area contributed by atoms with Crippen LogP contribution in [-0.2, 0) is 4.79 Å². The summed E-state index contributed by atoms with van der Waals surface area (Å²) in [7, 11) is 0. The quantitative estimate of drug-likeness (QED) is 0.733. The average molecular weight is 395 g/mol. The van der Waals surface area contributed by atoms with E-state index >= 15 is 0 Å². The number of piperidine rings is 1. The minimum atomic E-state index is -0.549. The zero-order chi connectivity index (χ0) is 21.0. The second-order valence-electron chi connectivity index (χ2n) is 8.45. The molecule has 1 amide bonds. The van der Waals surface area contributed by atoms with Gasteiger partial charge in [-0.25, -0.2) is 0 Å². The third kappa shape index (κ3) is 5.31. The maximum atomic E-state index is 12.6. The highest BCUT2D eigenvalue weighted by atomic mass is 16.5. The van der Waals surface area contributed by atoms with Gasteiger partial charge in [-0.2, -0.15) is 0 Å². The Morgan fingerprint density at radius 3 is 2.38 bits per heavy atom. The lowest BCUT2D eigenvalue weighted by Gasteiger charge is -2.32. The van der Waals surface area contributed by atoms with Crippen LogP contribution >= 0.6 is 0 Å². The maximum absolute atomic E-state index is 12.6. The van der Waals surface area contributed by atoms with Crippen molar-refractivity contribution in [3.63, 3.8) is 0 Å². The fourth-order valence-corrected chi connectivity index (χ4v) is 3.75. The van der Waals surface area contributed by atoms with E-state index in [4.69, 9.17) is 4.74 Å². The molecule has 2 aromatic carbocycles. The van der Waals surface area contributed by atoms with E-state index in [1.807, 2.05) is 39.0 Å². The van der Waals surface area contributed by atoms with Crippen molar-refractivity contribution in [3.8, 4) is 5.75 Å². The molecule has 0 bridgehead atoms. The molecule has 0 spiro atoms. The van der Waals surface area contributed by atoms with Crippen LogP contribution in [0.4, 0.5) is 5.69 Å². The number of nitrogens with zero attached hydrogens (tertiary/aromatic N) is 1. The minimum absolute atomic E-state index is 0.0671. The van der Waals surface area contributed by atoms with Gasteiger partial charge in [0.25, 0.3) is 5.91 Å². The number of aryl methyl sites for hydroxylation is 1. The molecule has 1 heterocycles. The molecule has 1 fully saturated rings. The summed E-state index contributed by atoms with van der Waals surface area (Å²) in [5.74, 6) is 1.49. The van der Waals surface area contributed by atoms with Crippen molar-refractivity contribution in [3.05, 3.63) is 59.2 Å². The maximum Gasteiger partial charge on any atom is 0.261 e. The molecular formula is C25H34N2O2. The summed E-state index contributed by atoms with van der Waals surface area (Å²) < 4.78 is 5.91. The van der Waals surface area contributed by atoms with Crippen LogP contribution in [0.2, 0.25) is 0 Å². The van der Waals surface area contributed by atoms with E-state index in [1.165, 1.54) is 18.5 Å². The highest BCUT2D eigenvalue weighted by Crippen LogP contribution is 2.25. The van der Waals surface area contributed by atoms with Gasteiger partial charge in [0.15, 0.2) is 6.10 Å². The van der Waals surface area contributed by atoms with Crippen molar-refractivity contribution in [2.45, 2.75) is 59.6 Å². The van der Waals surface area contributed by atoms with E-state index < -0.39 is 6.10 Å². The summed E-state index contributed by atoms with van der Waals surface area (Å²) in [6.45, 7) is 12.5. The molecular weight excluding hydrogens is 360 g/mol. The second kappa shape index (κ2) is 9.34. The van der Waals surface area contributed by atoms with Gasteiger partial charge in [-0.15, -0.1) is 0 Å². The van der Waals surface area contributed by atoms with Crippen LogP contribution in [0, 0.1) is 19.8 Å². The molecule has 0 aliphatic carbocycles. The predicted molar refractivity (Wildman–Crippen MR) is 120 cm³/mol. The molecule has 1 saturated heterocycles. The van der Waals surface area contributed by atoms with Crippen molar-refractivity contribution in [1.82, 2.24) is 5.32 Å². The van der Waals surface area contributed by atoms with E-state index in [0.29, 0.717) is 0 Å². The fraction of sp³-hybridized carbons (Fsp3) is 0.480. The van der Waals surface area contributed by atoms with Gasteiger partial charge in [-0.3, -0.25) is 4.79 Å². The standard InChI is InChI=1S/C25H34N2O2/c1-17-13-15-27(16-14-17)23-11-9-22(10-12-23)20(4)26-25(28)21(5)29-24-8-6-7-18(2)19(24)3/h6-12,17,20-21H,13-16H2,1-5H3,(H,26,28). The van der Waals surface area contributed by atoms with Crippen LogP contribution in [-0.4, -0.2) is 25.1 Å². The minimum Gasteiger partial charge on any atom is -0.481 e. The van der Waals surface area contributed by atoms with E-state index in [-0.39, 0.29) is 11.9 Å². The lowest BCUT2D eigenvalue weighted by molar-refractivity contribution is -0.127. The molecule has 2 aromatic rings. The van der Waals surface area contributed by atoms with Gasteiger partial charge in [-0.05, 0) is 81.3 Å². The molecule has 1 aliphatic rings. The fourth-order valence-electron chi connectivity index (χ4n) is 3.75. The Hall–Kier alpha value is -2.49. The van der Waals surface area contributed by atoms with Crippen molar-refractivity contribution >= 4 is 11.6 Å². The number of rotatable bonds is 6.